The van der Waals surface area contributed by atoms with Gasteiger partial charge in [0.1, 0.15) is 0 Å². The first-order valence-corrected chi connectivity index (χ1v) is 5.01. The van der Waals surface area contributed by atoms with Crippen molar-refractivity contribution < 1.29 is 78.5 Å². The first kappa shape index (κ1) is 56.3. The second-order valence-electron chi connectivity index (χ2n) is 2.28. The fourth-order valence-electron chi connectivity index (χ4n) is 0.791. The predicted octanol–water partition coefficient (Wildman–Crippen LogP) is 1.81. The summed E-state index contributed by atoms with van der Waals surface area (Å²) in [5.41, 5.74) is 0. The molecule has 0 aromatic carbocycles. The standard InChI is InChI=1S/C7H5.C5H5.6CO.2Co.Fe/c1-2-7-5-3-4-6-7;1-2-4-5-3-1;6*1-2;;;/h1,3-6H;1-5H;;;;;;;;;/q;;;;;;;;;;+2. The molecule has 0 heterocycles. The molecular formula is C18H10Co2FeO6+2. The summed E-state index contributed by atoms with van der Waals surface area (Å²) < 4.78 is 45.0. The Balaban J connectivity index is -0.0000000210. The van der Waals surface area contributed by atoms with Crippen LogP contribution in [0.2, 0.25) is 0 Å². The van der Waals surface area contributed by atoms with E-state index in [-0.39, 0.29) is 50.6 Å². The predicted molar refractivity (Wildman–Crippen MR) is 74.4 cm³/mol. The summed E-state index contributed by atoms with van der Waals surface area (Å²) in [7, 11) is 0. The maximum absolute atomic E-state index is 7.50. The first-order valence-electron chi connectivity index (χ1n) is 5.01. The van der Waals surface area contributed by atoms with Crippen molar-refractivity contribution in [3.63, 3.8) is 0 Å². The van der Waals surface area contributed by atoms with Gasteiger partial charge < -0.3 is 0 Å². The Morgan fingerprint density at radius 2 is 0.704 bits per heavy atom. The topological polar surface area (TPSA) is 119 Å². The molecule has 2 aliphatic rings. The molecule has 0 amide bonds. The van der Waals surface area contributed by atoms with Crippen LogP contribution >= 0.6 is 0 Å². The zero-order valence-electron chi connectivity index (χ0n) is 13.2. The molecule has 0 aromatic heterocycles. The van der Waals surface area contributed by atoms with Gasteiger partial charge in [0.2, 0.25) is 0 Å². The maximum atomic E-state index is 7.50. The summed E-state index contributed by atoms with van der Waals surface area (Å²) in [5.74, 6) is 3.47. The van der Waals surface area contributed by atoms with Crippen molar-refractivity contribution in [3.05, 3.63) is 104 Å². The van der Waals surface area contributed by atoms with Gasteiger partial charge in [-0.3, -0.25) is 0 Å². The normalized spacial score (nSPS) is 10.6. The summed E-state index contributed by atoms with van der Waals surface area (Å²) in [6, 6.07) is 0. The van der Waals surface area contributed by atoms with E-state index in [4.69, 9.17) is 34.3 Å². The molecule has 27 heavy (non-hydrogen) atoms. The van der Waals surface area contributed by atoms with Gasteiger partial charge in [0.15, 0.2) is 0 Å². The summed E-state index contributed by atoms with van der Waals surface area (Å²) in [6.07, 6.45) is 22.7. The van der Waals surface area contributed by atoms with E-state index >= 15 is 0 Å². The minimum Gasteiger partial charge on any atom is -0.0312 e. The molecule has 12 radical (unpaired) electrons. The quantitative estimate of drug-likeness (QED) is 0.211. The number of hydrogen-bond acceptors (Lipinski definition) is 0. The molecule has 0 unspecified atom stereocenters. The Bertz CT molecular complexity index is 306. The van der Waals surface area contributed by atoms with Crippen LogP contribution in [-0.4, -0.2) is 0 Å². The van der Waals surface area contributed by atoms with Crippen molar-refractivity contribution in [2.24, 2.45) is 0 Å². The van der Waals surface area contributed by atoms with Crippen LogP contribution < -0.4 is 0 Å². The molecule has 6 nitrogen and oxygen atoms in total. The molecule has 9 heteroatoms. The number of terminal acetylenes is 1. The van der Waals surface area contributed by atoms with E-state index in [2.05, 4.69) is 45.8 Å². The Morgan fingerprint density at radius 1 is 0.519 bits per heavy atom. The third-order valence-corrected chi connectivity index (χ3v) is 1.38. The molecular weight excluding hydrogens is 486 g/mol. The van der Waals surface area contributed by atoms with Crippen molar-refractivity contribution in [2.45, 2.75) is 0 Å². The molecule has 2 rings (SSSR count). The molecule has 142 valence electrons. The molecule has 0 N–H and O–H groups in total. The molecule has 0 aromatic rings. The van der Waals surface area contributed by atoms with Crippen LogP contribution in [0.4, 0.5) is 0 Å². The molecule has 2 aliphatic carbocycles. The van der Waals surface area contributed by atoms with Crippen molar-refractivity contribution in [3.8, 4) is 12.3 Å². The summed E-state index contributed by atoms with van der Waals surface area (Å²) in [5, 5.41) is 0. The van der Waals surface area contributed by atoms with E-state index in [1.54, 1.807) is 0 Å². The van der Waals surface area contributed by atoms with Gasteiger partial charge in [-0.1, -0.05) is 5.92 Å². The first-order chi connectivity index (χ1) is 11.9. The van der Waals surface area contributed by atoms with Gasteiger partial charge in [-0.05, 0) is 57.8 Å². The van der Waals surface area contributed by atoms with Gasteiger partial charge in [-0.25, -0.2) is 0 Å². The van der Waals surface area contributed by atoms with E-state index < -0.39 is 0 Å². The fourth-order valence-corrected chi connectivity index (χ4v) is 0.791. The number of rotatable bonds is 0. The van der Waals surface area contributed by atoms with Crippen molar-refractivity contribution in [1.29, 1.82) is 0 Å². The van der Waals surface area contributed by atoms with Gasteiger partial charge in [0, 0.05) is 33.6 Å². The van der Waals surface area contributed by atoms with Gasteiger partial charge in [0.25, 0.3) is 0 Å². The minimum atomic E-state index is 0. The second-order valence-corrected chi connectivity index (χ2v) is 2.28. The van der Waals surface area contributed by atoms with E-state index in [1.807, 2.05) is 57.8 Å². The average molecular weight is 496 g/mol. The van der Waals surface area contributed by atoms with Crippen LogP contribution in [0.5, 0.6) is 0 Å². The zero-order valence-corrected chi connectivity index (χ0v) is 16.4. The minimum absolute atomic E-state index is 0. The SMILES string of the molecule is C#C[C]1[CH][CH][CH][CH]1.[C-]#[O+].[C-]#[O+].[C-]#[O+].[C-]#[O+].[C-]#[O+].[C-]#[O+].[CH]1[CH][CH][CH][CH]1.[Co].[Co].[Fe+2]. The van der Waals surface area contributed by atoms with Crippen LogP contribution in [0.1, 0.15) is 0 Å². The molecule has 0 saturated heterocycles. The molecule has 2 saturated carbocycles. The van der Waals surface area contributed by atoms with Gasteiger partial charge in [0.05, 0.1) is 5.92 Å². The third kappa shape index (κ3) is 77.2. The summed E-state index contributed by atoms with van der Waals surface area (Å²) in [6.45, 7) is 27.0. The smallest absolute Gasteiger partial charge is 0.0312 e. The Labute approximate surface area is 193 Å². The maximum Gasteiger partial charge on any atom is 2.00 e. The zero-order chi connectivity index (χ0) is 20.6. The van der Waals surface area contributed by atoms with E-state index in [1.165, 1.54) is 0 Å². The molecule has 0 bridgehead atoms. The average Bonchev–Trinajstić information content (AvgIpc) is 3.48. The van der Waals surface area contributed by atoms with Crippen LogP contribution in [0, 0.1) is 116 Å². The van der Waals surface area contributed by atoms with E-state index in [0.29, 0.717) is 0 Å². The van der Waals surface area contributed by atoms with Gasteiger partial charge in [-0.2, -0.15) is 0 Å². The van der Waals surface area contributed by atoms with Gasteiger partial charge in [-0.15, -0.1) is 6.42 Å². The fraction of sp³-hybridized carbons (Fsp3) is 0. The monoisotopic (exact) mass is 496 g/mol. The summed E-state index contributed by atoms with van der Waals surface area (Å²) in [4.78, 5) is 0. The van der Waals surface area contributed by atoms with Gasteiger partial charge >= 0.3 is 84.9 Å². The molecule has 0 atom stereocenters. The van der Waals surface area contributed by atoms with E-state index in [0.717, 1.165) is 5.92 Å². The van der Waals surface area contributed by atoms with E-state index in [9.17, 15) is 0 Å². The molecule has 0 aliphatic heterocycles. The van der Waals surface area contributed by atoms with Crippen LogP contribution in [0.25, 0.3) is 0 Å². The Kier molecular flexibility index (Phi) is 204. The second kappa shape index (κ2) is 97.8. The molecule has 2 fully saturated rings. The van der Waals surface area contributed by atoms with Crippen LogP contribution in [0.3, 0.4) is 0 Å². The van der Waals surface area contributed by atoms with Crippen LogP contribution in [0.15, 0.2) is 0 Å². The van der Waals surface area contributed by atoms with Crippen molar-refractivity contribution in [1.82, 2.24) is 0 Å². The van der Waals surface area contributed by atoms with Crippen molar-refractivity contribution >= 4 is 0 Å². The Hall–Kier alpha value is -0.468. The number of hydrogen-bond donors (Lipinski definition) is 0. The molecule has 0 spiro atoms. The largest absolute Gasteiger partial charge is 2.00 e. The summed E-state index contributed by atoms with van der Waals surface area (Å²) >= 11 is 0. The van der Waals surface area contributed by atoms with Crippen LogP contribution in [-0.2, 0) is 78.5 Å². The van der Waals surface area contributed by atoms with Crippen molar-refractivity contribution in [2.75, 3.05) is 0 Å². The third-order valence-electron chi connectivity index (χ3n) is 1.38. The Morgan fingerprint density at radius 3 is 0.815 bits per heavy atom.